The number of hydrogen-bond acceptors (Lipinski definition) is 5. The smallest absolute Gasteiger partial charge is 0.191 e. The van der Waals surface area contributed by atoms with E-state index >= 15 is 0 Å². The van der Waals surface area contributed by atoms with Crippen LogP contribution in [0.4, 0.5) is 0 Å². The van der Waals surface area contributed by atoms with Crippen LogP contribution in [-0.4, -0.2) is 24.1 Å². The fourth-order valence-electron chi connectivity index (χ4n) is 2.78. The zero-order valence-electron chi connectivity index (χ0n) is 14.9. The summed E-state index contributed by atoms with van der Waals surface area (Å²) >= 11 is 7.77. The lowest BCUT2D eigenvalue weighted by Crippen LogP contribution is -2.10. The highest BCUT2D eigenvalue weighted by molar-refractivity contribution is 7.98. The van der Waals surface area contributed by atoms with E-state index in [1.54, 1.807) is 17.8 Å². The van der Waals surface area contributed by atoms with Gasteiger partial charge >= 0.3 is 0 Å². The van der Waals surface area contributed by atoms with Crippen molar-refractivity contribution >= 4 is 29.0 Å². The molecule has 0 aliphatic rings. The first-order valence-corrected chi connectivity index (χ1v) is 9.84. The van der Waals surface area contributed by atoms with Gasteiger partial charge in [0.2, 0.25) is 0 Å². The van der Waals surface area contributed by atoms with Gasteiger partial charge in [-0.2, -0.15) is 0 Å². The average molecular weight is 400 g/mol. The lowest BCUT2D eigenvalue weighted by Gasteiger charge is -2.15. The number of imidazole rings is 1. The third kappa shape index (κ3) is 3.79. The fraction of sp³-hybridized carbons (Fsp3) is 0.211. The van der Waals surface area contributed by atoms with E-state index in [9.17, 15) is 0 Å². The Bertz CT molecular complexity index is 1040. The van der Waals surface area contributed by atoms with E-state index in [0.717, 1.165) is 22.3 Å². The first-order valence-electron chi connectivity index (χ1n) is 8.47. The predicted octanol–water partition coefficient (Wildman–Crippen LogP) is 4.55. The van der Waals surface area contributed by atoms with Crippen LogP contribution >= 0.6 is 23.4 Å². The number of rotatable bonds is 6. The van der Waals surface area contributed by atoms with Crippen molar-refractivity contribution < 1.29 is 4.74 Å². The molecule has 0 N–H and O–H groups in total. The van der Waals surface area contributed by atoms with Crippen LogP contribution in [0.15, 0.2) is 60.0 Å². The van der Waals surface area contributed by atoms with Crippen LogP contribution in [0.25, 0.3) is 5.65 Å². The van der Waals surface area contributed by atoms with E-state index in [-0.39, 0.29) is 6.10 Å². The van der Waals surface area contributed by atoms with Crippen LogP contribution in [0, 0.1) is 0 Å². The highest BCUT2D eigenvalue weighted by Crippen LogP contribution is 2.29. The average Bonchev–Trinajstić information content (AvgIpc) is 3.25. The van der Waals surface area contributed by atoms with Crippen LogP contribution in [0.2, 0.25) is 5.02 Å². The summed E-state index contributed by atoms with van der Waals surface area (Å²) in [6.07, 6.45) is 3.75. The highest BCUT2D eigenvalue weighted by atomic mass is 35.5. The summed E-state index contributed by atoms with van der Waals surface area (Å²) in [5, 5.41) is 9.99. The SMILES string of the molecule is CC(Oc1ccccc1Cl)c1nnc(SCc2cn3ccccc3n2)n1C. The van der Waals surface area contributed by atoms with Crippen LogP contribution in [0.5, 0.6) is 5.75 Å². The number of pyridine rings is 1. The topological polar surface area (TPSA) is 57.2 Å². The summed E-state index contributed by atoms with van der Waals surface area (Å²) in [6, 6.07) is 13.4. The molecule has 6 nitrogen and oxygen atoms in total. The maximum atomic E-state index is 6.17. The molecule has 8 heteroatoms. The summed E-state index contributed by atoms with van der Waals surface area (Å²) in [6.45, 7) is 1.93. The third-order valence-electron chi connectivity index (χ3n) is 4.14. The van der Waals surface area contributed by atoms with Gasteiger partial charge in [0, 0.05) is 25.2 Å². The molecule has 4 rings (SSSR count). The van der Waals surface area contributed by atoms with Gasteiger partial charge in [-0.3, -0.25) is 0 Å². The zero-order chi connectivity index (χ0) is 18.8. The minimum Gasteiger partial charge on any atom is -0.481 e. The summed E-state index contributed by atoms with van der Waals surface area (Å²) in [4.78, 5) is 4.61. The first kappa shape index (κ1) is 17.9. The largest absolute Gasteiger partial charge is 0.481 e. The van der Waals surface area contributed by atoms with Gasteiger partial charge in [0.25, 0.3) is 0 Å². The van der Waals surface area contributed by atoms with Crippen LogP contribution in [-0.2, 0) is 12.8 Å². The van der Waals surface area contributed by atoms with Gasteiger partial charge < -0.3 is 13.7 Å². The lowest BCUT2D eigenvalue weighted by atomic mass is 10.3. The second kappa shape index (κ2) is 7.62. The highest BCUT2D eigenvalue weighted by Gasteiger charge is 2.18. The van der Waals surface area contributed by atoms with Gasteiger partial charge in [-0.25, -0.2) is 4.98 Å². The van der Waals surface area contributed by atoms with Gasteiger partial charge in [0.05, 0.1) is 10.7 Å². The van der Waals surface area contributed by atoms with Crippen molar-refractivity contribution in [1.82, 2.24) is 24.1 Å². The number of aromatic nitrogens is 5. The number of ether oxygens (including phenoxy) is 1. The van der Waals surface area contributed by atoms with Crippen molar-refractivity contribution in [3.63, 3.8) is 0 Å². The number of para-hydroxylation sites is 1. The summed E-state index contributed by atoms with van der Waals surface area (Å²) in [7, 11) is 1.94. The van der Waals surface area contributed by atoms with Gasteiger partial charge in [-0.15, -0.1) is 10.2 Å². The number of halogens is 1. The number of thioether (sulfide) groups is 1. The molecule has 0 aliphatic heterocycles. The Balaban J connectivity index is 1.46. The Morgan fingerprint density at radius 2 is 1.96 bits per heavy atom. The molecule has 138 valence electrons. The van der Waals surface area contributed by atoms with Crippen LogP contribution < -0.4 is 4.74 Å². The van der Waals surface area contributed by atoms with Gasteiger partial charge in [0.1, 0.15) is 11.4 Å². The van der Waals surface area contributed by atoms with Crippen molar-refractivity contribution in [3.8, 4) is 5.75 Å². The summed E-state index contributed by atoms with van der Waals surface area (Å²) in [5.74, 6) is 2.09. The van der Waals surface area contributed by atoms with E-state index < -0.39 is 0 Å². The zero-order valence-corrected chi connectivity index (χ0v) is 16.5. The molecular formula is C19H18ClN5OS. The van der Waals surface area contributed by atoms with E-state index in [4.69, 9.17) is 16.3 Å². The minimum absolute atomic E-state index is 0.271. The Morgan fingerprint density at radius 1 is 1.15 bits per heavy atom. The number of benzene rings is 1. The maximum Gasteiger partial charge on any atom is 0.191 e. The van der Waals surface area contributed by atoms with Gasteiger partial charge in [-0.05, 0) is 31.2 Å². The fourth-order valence-corrected chi connectivity index (χ4v) is 3.77. The summed E-state index contributed by atoms with van der Waals surface area (Å²) < 4.78 is 9.91. The first-order chi connectivity index (χ1) is 13.1. The molecule has 0 radical (unpaired) electrons. The Morgan fingerprint density at radius 3 is 2.78 bits per heavy atom. The van der Waals surface area contributed by atoms with E-state index in [2.05, 4.69) is 15.2 Å². The molecule has 1 aromatic carbocycles. The lowest BCUT2D eigenvalue weighted by molar-refractivity contribution is 0.211. The van der Waals surface area contributed by atoms with E-state index in [1.807, 2.05) is 71.7 Å². The molecule has 0 aliphatic carbocycles. The Hall–Kier alpha value is -2.51. The number of hydrogen-bond donors (Lipinski definition) is 0. The molecule has 1 atom stereocenters. The monoisotopic (exact) mass is 399 g/mol. The predicted molar refractivity (Wildman–Crippen MR) is 106 cm³/mol. The molecule has 4 aromatic rings. The van der Waals surface area contributed by atoms with E-state index in [0.29, 0.717) is 16.5 Å². The van der Waals surface area contributed by atoms with Crippen molar-refractivity contribution in [2.75, 3.05) is 0 Å². The molecule has 0 saturated heterocycles. The van der Waals surface area contributed by atoms with Crippen molar-refractivity contribution in [2.45, 2.75) is 23.9 Å². The second-order valence-electron chi connectivity index (χ2n) is 6.08. The molecule has 3 aromatic heterocycles. The molecule has 0 fully saturated rings. The van der Waals surface area contributed by atoms with E-state index in [1.165, 1.54) is 0 Å². The Labute approximate surface area is 166 Å². The van der Waals surface area contributed by atoms with Crippen molar-refractivity contribution in [1.29, 1.82) is 0 Å². The summed E-state index contributed by atoms with van der Waals surface area (Å²) in [5.41, 5.74) is 1.93. The van der Waals surface area contributed by atoms with Crippen molar-refractivity contribution in [3.05, 3.63) is 71.4 Å². The molecule has 0 bridgehead atoms. The number of fused-ring (bicyclic) bond motifs is 1. The standard InChI is InChI=1S/C19H18ClN5OS/c1-13(26-16-8-4-3-7-15(16)20)18-22-23-19(24(18)2)27-12-14-11-25-10-6-5-9-17(25)21-14/h3-11,13H,12H2,1-2H3. The molecule has 0 saturated carbocycles. The van der Waals surface area contributed by atoms with Crippen LogP contribution in [0.3, 0.4) is 0 Å². The number of nitrogens with zero attached hydrogens (tertiary/aromatic N) is 5. The molecule has 0 spiro atoms. The molecule has 27 heavy (non-hydrogen) atoms. The van der Waals surface area contributed by atoms with Crippen molar-refractivity contribution in [2.24, 2.45) is 7.05 Å². The molecule has 0 amide bonds. The quantitative estimate of drug-likeness (QED) is 0.445. The maximum absolute atomic E-state index is 6.17. The molecule has 3 heterocycles. The van der Waals surface area contributed by atoms with Crippen LogP contribution in [0.1, 0.15) is 24.5 Å². The normalized spacial score (nSPS) is 12.4. The third-order valence-corrected chi connectivity index (χ3v) is 5.50. The molecule has 1 unspecified atom stereocenters. The Kier molecular flexibility index (Phi) is 5.05. The minimum atomic E-state index is -0.271. The molecular weight excluding hydrogens is 382 g/mol. The van der Waals surface area contributed by atoms with Gasteiger partial charge in [-0.1, -0.05) is 41.6 Å². The van der Waals surface area contributed by atoms with Gasteiger partial charge in [0.15, 0.2) is 17.1 Å². The second-order valence-corrected chi connectivity index (χ2v) is 7.43.